The van der Waals surface area contributed by atoms with Gasteiger partial charge in [-0.1, -0.05) is 37.6 Å². The normalized spacial score (nSPS) is 16.0. The first-order valence-electron chi connectivity index (χ1n) is 7.18. The Morgan fingerprint density at radius 2 is 2.14 bits per heavy atom. The molecular weight excluding hydrogens is 307 g/mol. The number of amides is 1. The number of halogens is 2. The van der Waals surface area contributed by atoms with E-state index < -0.39 is 5.41 Å². The molecule has 0 heterocycles. The molecule has 0 saturated heterocycles. The van der Waals surface area contributed by atoms with Gasteiger partial charge in [0.25, 0.3) is 0 Å². The number of nitrogens with one attached hydrogen (secondary N) is 1. The average Bonchev–Trinajstić information content (AvgIpc) is 3.19. The van der Waals surface area contributed by atoms with Crippen LogP contribution in [0.3, 0.4) is 0 Å². The molecule has 0 bridgehead atoms. The predicted octanol–water partition coefficient (Wildman–Crippen LogP) is 3.18. The summed E-state index contributed by atoms with van der Waals surface area (Å²) in [6.07, 6.45) is 3.02. The summed E-state index contributed by atoms with van der Waals surface area (Å²) in [5.41, 5.74) is 6.36. The van der Waals surface area contributed by atoms with Crippen LogP contribution in [0.1, 0.15) is 32.3 Å². The summed E-state index contributed by atoms with van der Waals surface area (Å²) in [5, 5.41) is 3.81. The molecule has 1 aromatic rings. The van der Waals surface area contributed by atoms with Crippen molar-refractivity contribution in [3.05, 3.63) is 34.9 Å². The third-order valence-corrected chi connectivity index (χ3v) is 4.15. The number of hydrogen-bond donors (Lipinski definition) is 2. The van der Waals surface area contributed by atoms with Gasteiger partial charge in [-0.2, -0.15) is 0 Å². The molecule has 1 aromatic carbocycles. The van der Waals surface area contributed by atoms with Crippen LogP contribution in [0.4, 0.5) is 0 Å². The first-order valence-corrected chi connectivity index (χ1v) is 7.55. The Morgan fingerprint density at radius 1 is 1.48 bits per heavy atom. The summed E-state index contributed by atoms with van der Waals surface area (Å²) in [4.78, 5) is 12.5. The van der Waals surface area contributed by atoms with Crippen molar-refractivity contribution in [2.24, 2.45) is 17.1 Å². The molecule has 1 aliphatic rings. The zero-order chi connectivity index (χ0) is 14.8. The minimum Gasteiger partial charge on any atom is -0.351 e. The first-order chi connectivity index (χ1) is 9.42. The molecule has 1 amide bonds. The lowest BCUT2D eigenvalue weighted by atomic mass is 9.84. The predicted molar refractivity (Wildman–Crippen MR) is 89.9 cm³/mol. The fourth-order valence-electron chi connectivity index (χ4n) is 2.47. The van der Waals surface area contributed by atoms with Crippen molar-refractivity contribution in [3.8, 4) is 0 Å². The van der Waals surface area contributed by atoms with Crippen molar-refractivity contribution in [2.75, 3.05) is 6.54 Å². The summed E-state index contributed by atoms with van der Waals surface area (Å²) in [7, 11) is 0. The van der Waals surface area contributed by atoms with Gasteiger partial charge in [-0.3, -0.25) is 4.79 Å². The number of nitrogens with two attached hydrogens (primary N) is 1. The highest BCUT2D eigenvalue weighted by Crippen LogP contribution is 2.33. The van der Waals surface area contributed by atoms with E-state index in [9.17, 15) is 4.79 Å². The third-order valence-electron chi connectivity index (χ3n) is 3.91. The van der Waals surface area contributed by atoms with E-state index in [1.54, 1.807) is 0 Å². The number of benzene rings is 1. The zero-order valence-corrected chi connectivity index (χ0v) is 14.1. The summed E-state index contributed by atoms with van der Waals surface area (Å²) in [5.74, 6) is 0.644. The molecule has 21 heavy (non-hydrogen) atoms. The highest BCUT2D eigenvalue weighted by atomic mass is 35.5. The van der Waals surface area contributed by atoms with Gasteiger partial charge in [0.05, 0.1) is 0 Å². The second-order valence-electron chi connectivity index (χ2n) is 6.34. The molecule has 1 saturated carbocycles. The van der Waals surface area contributed by atoms with E-state index in [2.05, 4.69) is 5.32 Å². The molecule has 2 rings (SSSR count). The van der Waals surface area contributed by atoms with E-state index in [4.69, 9.17) is 17.3 Å². The van der Waals surface area contributed by atoms with Crippen LogP contribution in [0.5, 0.6) is 0 Å². The summed E-state index contributed by atoms with van der Waals surface area (Å²) in [6.45, 7) is 4.44. The fraction of sp³-hybridized carbons (Fsp3) is 0.562. The van der Waals surface area contributed by atoms with Crippen LogP contribution >= 0.6 is 24.0 Å². The van der Waals surface area contributed by atoms with Crippen LogP contribution < -0.4 is 11.1 Å². The third kappa shape index (κ3) is 5.17. The average molecular weight is 331 g/mol. The molecule has 118 valence electrons. The van der Waals surface area contributed by atoms with E-state index in [-0.39, 0.29) is 24.4 Å². The second kappa shape index (κ2) is 7.48. The number of carbonyl (C=O) groups is 1. The topological polar surface area (TPSA) is 55.1 Å². The van der Waals surface area contributed by atoms with E-state index in [1.165, 1.54) is 12.8 Å². The Kier molecular flexibility index (Phi) is 6.51. The van der Waals surface area contributed by atoms with Crippen molar-refractivity contribution in [3.63, 3.8) is 0 Å². The van der Waals surface area contributed by atoms with E-state index in [0.29, 0.717) is 23.9 Å². The molecule has 5 heteroatoms. The molecule has 1 aliphatic carbocycles. The maximum atomic E-state index is 12.5. The molecule has 0 radical (unpaired) electrons. The summed E-state index contributed by atoms with van der Waals surface area (Å²) < 4.78 is 0. The van der Waals surface area contributed by atoms with Crippen LogP contribution in [0, 0.1) is 11.3 Å². The van der Waals surface area contributed by atoms with Gasteiger partial charge in [-0.25, -0.2) is 0 Å². The minimum atomic E-state index is -0.465. The van der Waals surface area contributed by atoms with Crippen LogP contribution in [0.15, 0.2) is 24.3 Å². The Morgan fingerprint density at radius 3 is 2.67 bits per heavy atom. The largest absolute Gasteiger partial charge is 0.351 e. The van der Waals surface area contributed by atoms with Gasteiger partial charge >= 0.3 is 0 Å². The quantitative estimate of drug-likeness (QED) is 0.841. The summed E-state index contributed by atoms with van der Waals surface area (Å²) >= 11 is 5.99. The van der Waals surface area contributed by atoms with Gasteiger partial charge in [0, 0.05) is 23.0 Å². The molecule has 0 spiro atoms. The Balaban J connectivity index is 0.00000220. The van der Waals surface area contributed by atoms with Crippen molar-refractivity contribution >= 4 is 29.9 Å². The molecular formula is C16H24Cl2N2O. The fourth-order valence-corrected chi connectivity index (χ4v) is 2.68. The lowest BCUT2D eigenvalue weighted by molar-refractivity contribution is -0.130. The van der Waals surface area contributed by atoms with Crippen LogP contribution in [0.25, 0.3) is 0 Å². The molecule has 3 nitrogen and oxygen atoms in total. The van der Waals surface area contributed by atoms with E-state index in [1.807, 2.05) is 38.1 Å². The van der Waals surface area contributed by atoms with Crippen molar-refractivity contribution in [1.29, 1.82) is 0 Å². The second-order valence-corrected chi connectivity index (χ2v) is 6.78. The molecule has 1 unspecified atom stereocenters. The molecule has 0 aliphatic heterocycles. The van der Waals surface area contributed by atoms with Gasteiger partial charge in [-0.05, 0) is 42.9 Å². The van der Waals surface area contributed by atoms with Crippen LogP contribution in [0.2, 0.25) is 5.02 Å². The first kappa shape index (κ1) is 18.3. The maximum Gasteiger partial charge on any atom is 0.226 e. The monoisotopic (exact) mass is 330 g/mol. The van der Waals surface area contributed by atoms with Gasteiger partial charge in [0.1, 0.15) is 0 Å². The van der Waals surface area contributed by atoms with Crippen molar-refractivity contribution in [1.82, 2.24) is 5.32 Å². The van der Waals surface area contributed by atoms with E-state index >= 15 is 0 Å². The molecule has 1 atom stereocenters. The number of rotatable bonds is 6. The van der Waals surface area contributed by atoms with Crippen molar-refractivity contribution < 1.29 is 4.79 Å². The van der Waals surface area contributed by atoms with Crippen LogP contribution in [-0.4, -0.2) is 18.5 Å². The highest BCUT2D eigenvalue weighted by molar-refractivity contribution is 6.30. The standard InChI is InChI=1S/C16H23ClN2O.ClH/c1-16(2,9-11-4-3-5-13(17)8-11)15(20)19-14(10-18)12-6-7-12;/h3-5,8,12,14H,6-7,9-10,18H2,1-2H3,(H,19,20);1H. The van der Waals surface area contributed by atoms with Gasteiger partial charge in [-0.15, -0.1) is 12.4 Å². The number of hydrogen-bond acceptors (Lipinski definition) is 2. The van der Waals surface area contributed by atoms with E-state index in [0.717, 1.165) is 5.56 Å². The van der Waals surface area contributed by atoms with Gasteiger partial charge in [0.2, 0.25) is 5.91 Å². The lowest BCUT2D eigenvalue weighted by Crippen LogP contribution is -2.47. The molecule has 1 fully saturated rings. The maximum absolute atomic E-state index is 12.5. The molecule has 0 aromatic heterocycles. The lowest BCUT2D eigenvalue weighted by Gasteiger charge is -2.27. The Labute approximate surface area is 138 Å². The van der Waals surface area contributed by atoms with Crippen molar-refractivity contribution in [2.45, 2.75) is 39.2 Å². The smallest absolute Gasteiger partial charge is 0.226 e. The zero-order valence-electron chi connectivity index (χ0n) is 12.6. The van der Waals surface area contributed by atoms with Gasteiger partial charge in [0.15, 0.2) is 0 Å². The highest BCUT2D eigenvalue weighted by Gasteiger charge is 2.35. The Bertz CT molecular complexity index is 487. The molecule has 3 N–H and O–H groups in total. The van der Waals surface area contributed by atoms with Crippen LogP contribution in [-0.2, 0) is 11.2 Å². The minimum absolute atomic E-state index is 0. The number of carbonyl (C=O) groups excluding carboxylic acids is 1. The van der Waals surface area contributed by atoms with Gasteiger partial charge < -0.3 is 11.1 Å². The SMILES string of the molecule is CC(C)(Cc1cccc(Cl)c1)C(=O)NC(CN)C1CC1.Cl. The summed E-state index contributed by atoms with van der Waals surface area (Å²) in [6, 6.07) is 7.80. The Hall–Kier alpha value is -0.770.